The van der Waals surface area contributed by atoms with E-state index in [1.165, 1.54) is 31.0 Å². The van der Waals surface area contributed by atoms with Gasteiger partial charge in [-0.05, 0) is 43.0 Å². The summed E-state index contributed by atoms with van der Waals surface area (Å²) in [5.74, 6) is 2.17. The molecule has 0 bridgehead atoms. The number of carbonyl (C=O) groups is 1. The molecule has 1 fully saturated rings. The van der Waals surface area contributed by atoms with Crippen LogP contribution in [0.5, 0.6) is 0 Å². The van der Waals surface area contributed by atoms with E-state index >= 15 is 0 Å². The van der Waals surface area contributed by atoms with Gasteiger partial charge in [-0.25, -0.2) is 0 Å². The maximum atomic E-state index is 12.3. The zero-order valence-corrected chi connectivity index (χ0v) is 17.5. The first kappa shape index (κ1) is 19.3. The fraction of sp³-hybridized carbons (Fsp3) is 0.450. The monoisotopic (exact) mass is 418 g/mol. The predicted octanol–water partition coefficient (Wildman–Crippen LogP) is 4.67. The molecule has 0 spiro atoms. The SMILES string of the molecule is C[C@H]1CCCC[C@@H]1NC(=O)CSc1nnc(-c2cc3cc(Cl)ccc3o2)n1C. The molecule has 28 heavy (non-hydrogen) atoms. The number of rotatable bonds is 5. The third-order valence-electron chi connectivity index (χ3n) is 5.32. The first-order valence-corrected chi connectivity index (χ1v) is 10.9. The second-order valence-electron chi connectivity index (χ2n) is 7.38. The van der Waals surface area contributed by atoms with Crippen LogP contribution >= 0.6 is 23.4 Å². The molecule has 0 radical (unpaired) electrons. The molecule has 3 aromatic rings. The van der Waals surface area contributed by atoms with Gasteiger partial charge < -0.3 is 14.3 Å². The van der Waals surface area contributed by atoms with Crippen molar-refractivity contribution in [1.82, 2.24) is 20.1 Å². The van der Waals surface area contributed by atoms with Crippen LogP contribution in [0.15, 0.2) is 33.8 Å². The summed E-state index contributed by atoms with van der Waals surface area (Å²) in [4.78, 5) is 12.3. The quantitative estimate of drug-likeness (QED) is 0.609. The number of fused-ring (bicyclic) bond motifs is 1. The van der Waals surface area contributed by atoms with E-state index in [2.05, 4.69) is 22.4 Å². The Hall–Kier alpha value is -1.99. The Balaban J connectivity index is 1.42. The smallest absolute Gasteiger partial charge is 0.230 e. The lowest BCUT2D eigenvalue weighted by atomic mass is 9.86. The van der Waals surface area contributed by atoms with Gasteiger partial charge in [0.25, 0.3) is 0 Å². The van der Waals surface area contributed by atoms with Crippen molar-refractivity contribution in [1.29, 1.82) is 0 Å². The van der Waals surface area contributed by atoms with Crippen molar-refractivity contribution < 1.29 is 9.21 Å². The molecule has 1 saturated carbocycles. The molecule has 2 heterocycles. The molecule has 2 atom stereocenters. The van der Waals surface area contributed by atoms with Crippen molar-refractivity contribution in [2.24, 2.45) is 13.0 Å². The van der Waals surface area contributed by atoms with Gasteiger partial charge in [-0.2, -0.15) is 0 Å². The predicted molar refractivity (Wildman–Crippen MR) is 112 cm³/mol. The number of hydrogen-bond acceptors (Lipinski definition) is 5. The lowest BCUT2D eigenvalue weighted by Crippen LogP contribution is -2.41. The van der Waals surface area contributed by atoms with Crippen molar-refractivity contribution in [2.45, 2.75) is 43.8 Å². The molecule has 1 N–H and O–H groups in total. The summed E-state index contributed by atoms with van der Waals surface area (Å²) < 4.78 is 7.72. The van der Waals surface area contributed by atoms with Gasteiger partial charge in [0.2, 0.25) is 5.91 Å². The molecule has 148 valence electrons. The number of furan rings is 1. The van der Waals surface area contributed by atoms with Crippen LogP contribution in [0.25, 0.3) is 22.6 Å². The van der Waals surface area contributed by atoms with Crippen LogP contribution in [0.4, 0.5) is 0 Å². The molecular formula is C20H23ClN4O2S. The summed E-state index contributed by atoms with van der Waals surface area (Å²) in [6, 6.07) is 7.67. The van der Waals surface area contributed by atoms with E-state index in [0.29, 0.717) is 39.5 Å². The molecule has 6 nitrogen and oxygen atoms in total. The first-order valence-electron chi connectivity index (χ1n) is 9.52. The Kier molecular flexibility index (Phi) is 5.64. The summed E-state index contributed by atoms with van der Waals surface area (Å²) in [6.45, 7) is 2.21. The van der Waals surface area contributed by atoms with E-state index < -0.39 is 0 Å². The number of amides is 1. The molecule has 0 unspecified atom stereocenters. The molecule has 1 amide bonds. The minimum atomic E-state index is 0.0479. The molecule has 1 aliphatic carbocycles. The molecule has 8 heteroatoms. The summed E-state index contributed by atoms with van der Waals surface area (Å²) in [5, 5.41) is 13.9. The summed E-state index contributed by atoms with van der Waals surface area (Å²) in [7, 11) is 1.87. The third kappa shape index (κ3) is 4.05. The molecule has 0 aliphatic heterocycles. The normalized spacial score (nSPS) is 19.8. The van der Waals surface area contributed by atoms with Gasteiger partial charge in [0.1, 0.15) is 5.58 Å². The van der Waals surface area contributed by atoms with Gasteiger partial charge in [0.15, 0.2) is 16.7 Å². The minimum Gasteiger partial charge on any atom is -0.453 e. The maximum absolute atomic E-state index is 12.3. The minimum absolute atomic E-state index is 0.0479. The van der Waals surface area contributed by atoms with Crippen molar-refractivity contribution in [3.8, 4) is 11.6 Å². The average molecular weight is 419 g/mol. The number of carbonyl (C=O) groups excluding carboxylic acids is 1. The van der Waals surface area contributed by atoms with Crippen LogP contribution in [0.3, 0.4) is 0 Å². The number of benzene rings is 1. The van der Waals surface area contributed by atoms with E-state index in [9.17, 15) is 4.79 Å². The van der Waals surface area contributed by atoms with Crippen LogP contribution in [0.2, 0.25) is 5.02 Å². The Morgan fingerprint density at radius 2 is 2.14 bits per heavy atom. The van der Waals surface area contributed by atoms with Crippen LogP contribution in [-0.2, 0) is 11.8 Å². The fourth-order valence-corrected chi connectivity index (χ4v) is 4.59. The highest BCUT2D eigenvalue weighted by Gasteiger charge is 2.23. The highest BCUT2D eigenvalue weighted by molar-refractivity contribution is 7.99. The number of halogens is 1. The first-order chi connectivity index (χ1) is 13.5. The second-order valence-corrected chi connectivity index (χ2v) is 8.76. The van der Waals surface area contributed by atoms with E-state index in [1.807, 2.05) is 29.8 Å². The number of hydrogen-bond donors (Lipinski definition) is 1. The zero-order chi connectivity index (χ0) is 19.7. The number of thioether (sulfide) groups is 1. The number of aromatic nitrogens is 3. The highest BCUT2D eigenvalue weighted by atomic mass is 35.5. The average Bonchev–Trinajstić information content (AvgIpc) is 3.24. The van der Waals surface area contributed by atoms with Gasteiger partial charge >= 0.3 is 0 Å². The van der Waals surface area contributed by atoms with Crippen LogP contribution < -0.4 is 5.32 Å². The van der Waals surface area contributed by atoms with Gasteiger partial charge in [0.05, 0.1) is 5.75 Å². The lowest BCUT2D eigenvalue weighted by Gasteiger charge is -2.29. The Labute approximate surface area is 173 Å². The van der Waals surface area contributed by atoms with Gasteiger partial charge in [-0.3, -0.25) is 4.79 Å². The Bertz CT molecular complexity index is 999. The third-order valence-corrected chi connectivity index (χ3v) is 6.58. The topological polar surface area (TPSA) is 73.0 Å². The fourth-order valence-electron chi connectivity index (χ4n) is 3.69. The van der Waals surface area contributed by atoms with Crippen LogP contribution in [0.1, 0.15) is 32.6 Å². The van der Waals surface area contributed by atoms with Gasteiger partial charge in [-0.15, -0.1) is 10.2 Å². The van der Waals surface area contributed by atoms with E-state index in [4.69, 9.17) is 16.0 Å². The summed E-state index contributed by atoms with van der Waals surface area (Å²) in [6.07, 6.45) is 4.71. The summed E-state index contributed by atoms with van der Waals surface area (Å²) in [5.41, 5.74) is 0.748. The lowest BCUT2D eigenvalue weighted by molar-refractivity contribution is -0.119. The molecule has 1 aromatic carbocycles. The van der Waals surface area contributed by atoms with Gasteiger partial charge in [0, 0.05) is 23.5 Å². The molecule has 4 rings (SSSR count). The molecular weight excluding hydrogens is 396 g/mol. The highest BCUT2D eigenvalue weighted by Crippen LogP contribution is 2.30. The van der Waals surface area contributed by atoms with Crippen LogP contribution in [0, 0.1) is 5.92 Å². The van der Waals surface area contributed by atoms with Gasteiger partial charge in [-0.1, -0.05) is 43.1 Å². The van der Waals surface area contributed by atoms with Crippen molar-refractivity contribution in [3.63, 3.8) is 0 Å². The summed E-state index contributed by atoms with van der Waals surface area (Å²) >= 11 is 7.43. The van der Waals surface area contributed by atoms with Crippen LogP contribution in [-0.4, -0.2) is 32.5 Å². The van der Waals surface area contributed by atoms with E-state index in [-0.39, 0.29) is 5.91 Å². The number of nitrogens with zero attached hydrogens (tertiary/aromatic N) is 3. The van der Waals surface area contributed by atoms with E-state index in [1.54, 1.807) is 6.07 Å². The molecule has 0 saturated heterocycles. The van der Waals surface area contributed by atoms with Crippen molar-refractivity contribution in [2.75, 3.05) is 5.75 Å². The largest absolute Gasteiger partial charge is 0.453 e. The van der Waals surface area contributed by atoms with E-state index in [0.717, 1.165) is 17.4 Å². The zero-order valence-electron chi connectivity index (χ0n) is 15.9. The second kappa shape index (κ2) is 8.17. The van der Waals surface area contributed by atoms with Crippen molar-refractivity contribution in [3.05, 3.63) is 29.3 Å². The molecule has 1 aliphatic rings. The number of nitrogens with one attached hydrogen (secondary N) is 1. The molecule has 2 aromatic heterocycles. The van der Waals surface area contributed by atoms with Crippen molar-refractivity contribution >= 4 is 40.2 Å². The Morgan fingerprint density at radius 1 is 1.32 bits per heavy atom. The standard InChI is InChI=1S/C20H23ClN4O2S/c1-12-5-3-4-6-15(12)22-18(26)11-28-20-24-23-19(25(20)2)17-10-13-9-14(21)7-8-16(13)27-17/h7-10,12,15H,3-6,11H2,1-2H3,(H,22,26)/t12-,15-/m0/s1. The Morgan fingerprint density at radius 3 is 2.96 bits per heavy atom. The maximum Gasteiger partial charge on any atom is 0.230 e.